The van der Waals surface area contributed by atoms with E-state index in [-0.39, 0.29) is 24.0 Å². The van der Waals surface area contributed by atoms with Crippen molar-refractivity contribution in [3.8, 4) is 11.5 Å². The van der Waals surface area contributed by atoms with Gasteiger partial charge in [-0.15, -0.1) is 0 Å². The molecule has 0 aliphatic heterocycles. The van der Waals surface area contributed by atoms with E-state index >= 15 is 0 Å². The number of fused-ring (bicyclic) bond motifs is 1. The van der Waals surface area contributed by atoms with Gasteiger partial charge >= 0.3 is 12.4 Å². The van der Waals surface area contributed by atoms with E-state index in [0.717, 1.165) is 6.07 Å². The third kappa shape index (κ3) is 5.48. The number of nitrogens with one attached hydrogen (secondary N) is 1. The SMILES string of the molecule is COc1ccc(OC)c(CNCC(O)c2cc(C(F)(F)F)nc3c(C(F)(F)F)cccc23)c1. The van der Waals surface area contributed by atoms with Crippen LogP contribution < -0.4 is 14.8 Å². The monoisotopic (exact) mass is 474 g/mol. The Kier molecular flexibility index (Phi) is 7.03. The van der Waals surface area contributed by atoms with E-state index in [1.165, 1.54) is 20.3 Å². The van der Waals surface area contributed by atoms with Crippen molar-refractivity contribution >= 4 is 10.9 Å². The number of para-hydroxylation sites is 1. The van der Waals surface area contributed by atoms with Gasteiger partial charge in [-0.3, -0.25) is 0 Å². The molecule has 0 aliphatic carbocycles. The summed E-state index contributed by atoms with van der Waals surface area (Å²) in [5, 5.41) is 13.3. The summed E-state index contributed by atoms with van der Waals surface area (Å²) in [6.45, 7) is -0.0899. The topological polar surface area (TPSA) is 63.6 Å². The van der Waals surface area contributed by atoms with Gasteiger partial charge in [-0.25, -0.2) is 4.98 Å². The van der Waals surface area contributed by atoms with E-state index in [1.807, 2.05) is 0 Å². The van der Waals surface area contributed by atoms with Crippen LogP contribution in [0.3, 0.4) is 0 Å². The van der Waals surface area contributed by atoms with Crippen molar-refractivity contribution in [1.29, 1.82) is 0 Å². The van der Waals surface area contributed by atoms with Gasteiger partial charge in [-0.1, -0.05) is 12.1 Å². The van der Waals surface area contributed by atoms with E-state index in [2.05, 4.69) is 10.3 Å². The molecular formula is C22H20F6N2O3. The number of pyridine rings is 1. The molecule has 2 aromatic carbocycles. The van der Waals surface area contributed by atoms with Crippen molar-refractivity contribution in [2.75, 3.05) is 20.8 Å². The van der Waals surface area contributed by atoms with Crippen molar-refractivity contribution in [2.45, 2.75) is 25.0 Å². The average Bonchev–Trinajstić information content (AvgIpc) is 2.76. The predicted molar refractivity (Wildman–Crippen MR) is 108 cm³/mol. The molecule has 3 rings (SSSR count). The normalized spacial score (nSPS) is 13.2. The minimum absolute atomic E-state index is 0.153. The fourth-order valence-corrected chi connectivity index (χ4v) is 3.40. The van der Waals surface area contributed by atoms with Gasteiger partial charge in [0.1, 0.15) is 17.2 Å². The molecule has 1 aromatic heterocycles. The third-order valence-electron chi connectivity index (χ3n) is 4.97. The molecule has 1 heterocycles. The lowest BCUT2D eigenvalue weighted by Gasteiger charge is -2.19. The third-order valence-corrected chi connectivity index (χ3v) is 4.97. The zero-order valence-electron chi connectivity index (χ0n) is 17.5. The number of benzene rings is 2. The molecule has 0 bridgehead atoms. The summed E-state index contributed by atoms with van der Waals surface area (Å²) in [5.41, 5.74) is -3.37. The Bertz CT molecular complexity index is 1130. The van der Waals surface area contributed by atoms with Gasteiger partial charge in [0.2, 0.25) is 0 Å². The predicted octanol–water partition coefficient (Wildman–Crippen LogP) is 5.11. The number of aliphatic hydroxyl groups excluding tert-OH is 1. The maximum Gasteiger partial charge on any atom is 0.433 e. The maximum absolute atomic E-state index is 13.4. The second-order valence-corrected chi connectivity index (χ2v) is 7.12. The lowest BCUT2D eigenvalue weighted by atomic mass is 9.99. The molecule has 0 radical (unpaired) electrons. The zero-order chi connectivity index (χ0) is 24.4. The van der Waals surface area contributed by atoms with Gasteiger partial charge < -0.3 is 19.9 Å². The molecule has 0 fully saturated rings. The van der Waals surface area contributed by atoms with Gasteiger partial charge in [0, 0.05) is 24.0 Å². The summed E-state index contributed by atoms with van der Waals surface area (Å²) in [6, 6.07) is 8.50. The molecule has 33 heavy (non-hydrogen) atoms. The number of halogens is 6. The maximum atomic E-state index is 13.4. The highest BCUT2D eigenvalue weighted by Crippen LogP contribution is 2.39. The smallest absolute Gasteiger partial charge is 0.433 e. The molecule has 2 N–H and O–H groups in total. The van der Waals surface area contributed by atoms with Gasteiger partial charge in [-0.05, 0) is 35.9 Å². The van der Waals surface area contributed by atoms with Crippen LogP contribution in [0.4, 0.5) is 26.3 Å². The molecule has 178 valence electrons. The second-order valence-electron chi connectivity index (χ2n) is 7.12. The van der Waals surface area contributed by atoms with Crippen molar-refractivity contribution < 1.29 is 40.9 Å². The molecule has 1 atom stereocenters. The lowest BCUT2D eigenvalue weighted by Crippen LogP contribution is -2.22. The van der Waals surface area contributed by atoms with Crippen molar-refractivity contribution in [3.63, 3.8) is 0 Å². The first-order valence-corrected chi connectivity index (χ1v) is 9.63. The minimum Gasteiger partial charge on any atom is -0.497 e. The van der Waals surface area contributed by atoms with Crippen molar-refractivity contribution in [3.05, 3.63) is 64.8 Å². The van der Waals surface area contributed by atoms with Crippen LogP contribution >= 0.6 is 0 Å². The van der Waals surface area contributed by atoms with E-state index in [0.29, 0.717) is 29.2 Å². The number of nitrogens with zero attached hydrogens (tertiary/aromatic N) is 1. The van der Waals surface area contributed by atoms with Crippen LogP contribution in [0.1, 0.15) is 28.5 Å². The molecular weight excluding hydrogens is 454 g/mol. The number of hydrogen-bond donors (Lipinski definition) is 2. The van der Waals surface area contributed by atoms with Gasteiger partial charge in [0.05, 0.1) is 31.4 Å². The van der Waals surface area contributed by atoms with Crippen LogP contribution in [-0.2, 0) is 18.9 Å². The van der Waals surface area contributed by atoms with E-state index in [1.54, 1.807) is 18.2 Å². The summed E-state index contributed by atoms with van der Waals surface area (Å²) in [4.78, 5) is 3.22. The van der Waals surface area contributed by atoms with E-state index in [4.69, 9.17) is 9.47 Å². The lowest BCUT2D eigenvalue weighted by molar-refractivity contribution is -0.142. The number of ether oxygens (including phenoxy) is 2. The number of hydrogen-bond acceptors (Lipinski definition) is 5. The number of aromatic nitrogens is 1. The van der Waals surface area contributed by atoms with Crippen LogP contribution in [-0.4, -0.2) is 30.9 Å². The van der Waals surface area contributed by atoms with Crippen molar-refractivity contribution in [2.24, 2.45) is 0 Å². The molecule has 11 heteroatoms. The Balaban J connectivity index is 1.94. The summed E-state index contributed by atoms with van der Waals surface area (Å²) >= 11 is 0. The van der Waals surface area contributed by atoms with Gasteiger partial charge in [0.15, 0.2) is 0 Å². The highest BCUT2D eigenvalue weighted by molar-refractivity contribution is 5.86. The molecule has 0 saturated carbocycles. The first kappa shape index (κ1) is 24.6. The number of aliphatic hydroxyl groups is 1. The van der Waals surface area contributed by atoms with E-state index < -0.39 is 35.2 Å². The van der Waals surface area contributed by atoms with Gasteiger partial charge in [-0.2, -0.15) is 26.3 Å². The van der Waals surface area contributed by atoms with Crippen LogP contribution in [0, 0.1) is 0 Å². The van der Waals surface area contributed by atoms with Crippen LogP contribution in [0.5, 0.6) is 11.5 Å². The largest absolute Gasteiger partial charge is 0.497 e. The number of methoxy groups -OCH3 is 2. The Morgan fingerprint density at radius 2 is 1.70 bits per heavy atom. The second kappa shape index (κ2) is 9.44. The fourth-order valence-electron chi connectivity index (χ4n) is 3.40. The van der Waals surface area contributed by atoms with Crippen molar-refractivity contribution in [1.82, 2.24) is 10.3 Å². The van der Waals surface area contributed by atoms with Crippen LogP contribution in [0.2, 0.25) is 0 Å². The number of rotatable bonds is 7. The minimum atomic E-state index is -5.00. The average molecular weight is 474 g/mol. The standard InChI is InChI=1S/C22H20F6N2O3/c1-32-13-6-7-18(33-2)12(8-13)10-29-11-17(31)15-9-19(22(26,27)28)30-20-14(15)4-3-5-16(20)21(23,24)25/h3-9,17,29,31H,10-11H2,1-2H3. The summed E-state index contributed by atoms with van der Waals surface area (Å²) in [5.74, 6) is 1.06. The fraction of sp³-hybridized carbons (Fsp3) is 0.318. The van der Waals surface area contributed by atoms with Crippen LogP contribution in [0.15, 0.2) is 42.5 Å². The molecule has 5 nitrogen and oxygen atoms in total. The molecule has 1 unspecified atom stereocenters. The summed E-state index contributed by atoms with van der Waals surface area (Å²) in [6.07, 6.45) is -11.5. The Labute approximate surface area is 185 Å². The first-order valence-electron chi connectivity index (χ1n) is 9.63. The van der Waals surface area contributed by atoms with Crippen LogP contribution in [0.25, 0.3) is 10.9 Å². The van der Waals surface area contributed by atoms with Gasteiger partial charge in [0.25, 0.3) is 0 Å². The highest BCUT2D eigenvalue weighted by Gasteiger charge is 2.37. The molecule has 0 aliphatic rings. The molecule has 0 amide bonds. The Morgan fingerprint density at radius 3 is 2.30 bits per heavy atom. The summed E-state index contributed by atoms with van der Waals surface area (Å²) < 4.78 is 90.6. The Hall–Kier alpha value is -3.05. The summed E-state index contributed by atoms with van der Waals surface area (Å²) in [7, 11) is 2.94. The number of alkyl halides is 6. The zero-order valence-corrected chi connectivity index (χ0v) is 17.5. The Morgan fingerprint density at radius 1 is 0.970 bits per heavy atom. The molecule has 3 aromatic rings. The molecule has 0 saturated heterocycles. The quantitative estimate of drug-likeness (QED) is 0.466. The van der Waals surface area contributed by atoms with E-state index in [9.17, 15) is 31.4 Å². The highest BCUT2D eigenvalue weighted by atomic mass is 19.4. The molecule has 0 spiro atoms. The first-order chi connectivity index (χ1) is 15.5.